The van der Waals surface area contributed by atoms with Crippen molar-refractivity contribution >= 4 is 34.0 Å². The number of fused-ring (bicyclic) bond motifs is 1. The fourth-order valence-corrected chi connectivity index (χ4v) is 4.22. The molecule has 0 amide bonds. The van der Waals surface area contributed by atoms with E-state index in [-0.39, 0.29) is 6.67 Å². The Labute approximate surface area is 214 Å². The van der Waals surface area contributed by atoms with Crippen LogP contribution in [0.5, 0.6) is 17.4 Å². The number of likely N-dealkylation sites (tertiary alicyclic amines) is 1. The Morgan fingerprint density at radius 2 is 2.05 bits per heavy atom. The number of anilines is 4. The molecule has 0 spiro atoms. The van der Waals surface area contributed by atoms with Gasteiger partial charge in [-0.25, -0.2) is 4.39 Å². The molecule has 2 aromatic heterocycles. The molecule has 192 valence electrons. The summed E-state index contributed by atoms with van der Waals surface area (Å²) in [7, 11) is 1.62. The summed E-state index contributed by atoms with van der Waals surface area (Å²) < 4.78 is 24.3. The van der Waals surface area contributed by atoms with Gasteiger partial charge in [0, 0.05) is 55.9 Å². The van der Waals surface area contributed by atoms with Crippen molar-refractivity contribution in [2.24, 2.45) is 0 Å². The van der Waals surface area contributed by atoms with Crippen molar-refractivity contribution in [2.75, 3.05) is 55.9 Å². The lowest BCUT2D eigenvalue weighted by Crippen LogP contribution is -2.55. The number of nitrogens with zero attached hydrogens (tertiary/aromatic N) is 3. The van der Waals surface area contributed by atoms with Gasteiger partial charge in [-0.05, 0) is 30.3 Å². The van der Waals surface area contributed by atoms with E-state index in [2.05, 4.69) is 42.4 Å². The zero-order valence-electron chi connectivity index (χ0n) is 20.6. The van der Waals surface area contributed by atoms with E-state index in [0.717, 1.165) is 29.9 Å². The number of alkyl halides is 1. The Morgan fingerprint density at radius 1 is 1.16 bits per heavy atom. The van der Waals surface area contributed by atoms with Crippen LogP contribution in [-0.2, 0) is 0 Å². The zero-order valence-corrected chi connectivity index (χ0v) is 20.6. The van der Waals surface area contributed by atoms with Crippen LogP contribution in [0.1, 0.15) is 0 Å². The van der Waals surface area contributed by atoms with Gasteiger partial charge in [-0.3, -0.25) is 4.90 Å². The molecule has 37 heavy (non-hydrogen) atoms. The standard InChI is InChI=1S/C27H30FN7O2/c1-3-11-29-18-5-4-6-21(14-18)37-26-22-9-12-30-25(22)33-27(34-26)32-23-8-7-19(15-24(23)36-2)31-20-16-35(17-20)13-10-28/h3-9,12,14-15,20,29,31H,1,10-11,13,16-17H2,2H3,(H2,30,32,33,34). The van der Waals surface area contributed by atoms with Crippen LogP contribution >= 0.6 is 0 Å². The Hall–Kier alpha value is -4.31. The molecule has 5 rings (SSSR count). The summed E-state index contributed by atoms with van der Waals surface area (Å²) in [6.45, 7) is 6.21. The number of benzene rings is 2. The van der Waals surface area contributed by atoms with Gasteiger partial charge >= 0.3 is 0 Å². The van der Waals surface area contributed by atoms with Gasteiger partial charge in [-0.15, -0.1) is 6.58 Å². The Morgan fingerprint density at radius 3 is 2.86 bits per heavy atom. The van der Waals surface area contributed by atoms with Crippen LogP contribution in [0.15, 0.2) is 67.4 Å². The lowest BCUT2D eigenvalue weighted by atomic mass is 10.1. The first-order valence-corrected chi connectivity index (χ1v) is 12.1. The summed E-state index contributed by atoms with van der Waals surface area (Å²) in [6, 6.07) is 15.6. The van der Waals surface area contributed by atoms with Crippen LogP contribution in [0.25, 0.3) is 11.0 Å². The molecule has 1 aliphatic rings. The second-order valence-electron chi connectivity index (χ2n) is 8.72. The molecule has 9 nitrogen and oxygen atoms in total. The minimum atomic E-state index is -0.316. The van der Waals surface area contributed by atoms with E-state index in [9.17, 15) is 4.39 Å². The molecule has 4 N–H and O–H groups in total. The molecular formula is C27H30FN7O2. The number of hydrogen-bond donors (Lipinski definition) is 4. The smallest absolute Gasteiger partial charge is 0.233 e. The van der Waals surface area contributed by atoms with Gasteiger partial charge in [0.25, 0.3) is 0 Å². The highest BCUT2D eigenvalue weighted by molar-refractivity contribution is 5.83. The molecule has 1 fully saturated rings. The lowest BCUT2D eigenvalue weighted by molar-refractivity contribution is 0.150. The van der Waals surface area contributed by atoms with Crippen molar-refractivity contribution in [1.29, 1.82) is 0 Å². The van der Waals surface area contributed by atoms with Gasteiger partial charge in [-0.1, -0.05) is 12.1 Å². The largest absolute Gasteiger partial charge is 0.494 e. The van der Waals surface area contributed by atoms with Gasteiger partial charge in [0.2, 0.25) is 11.8 Å². The molecule has 10 heteroatoms. The molecule has 0 radical (unpaired) electrons. The third-order valence-corrected chi connectivity index (χ3v) is 6.06. The first-order valence-electron chi connectivity index (χ1n) is 12.1. The highest BCUT2D eigenvalue weighted by Gasteiger charge is 2.26. The molecule has 4 aromatic rings. The van der Waals surface area contributed by atoms with E-state index in [1.807, 2.05) is 48.5 Å². The third kappa shape index (κ3) is 5.75. The molecular weight excluding hydrogens is 473 g/mol. The summed E-state index contributed by atoms with van der Waals surface area (Å²) in [5.74, 6) is 2.08. The van der Waals surface area contributed by atoms with Crippen molar-refractivity contribution in [1.82, 2.24) is 19.9 Å². The fraction of sp³-hybridized carbons (Fsp3) is 0.259. The SMILES string of the molecule is C=CCNc1cccc(Oc2nc(Nc3ccc(NC4CN(CCF)C4)cc3OC)nc3[nH]ccc23)c1. The second kappa shape index (κ2) is 11.2. The number of aromatic nitrogens is 3. The number of hydrogen-bond acceptors (Lipinski definition) is 8. The molecule has 1 aliphatic heterocycles. The van der Waals surface area contributed by atoms with Crippen LogP contribution in [-0.4, -0.2) is 65.9 Å². The van der Waals surface area contributed by atoms with Crippen molar-refractivity contribution in [3.63, 3.8) is 0 Å². The third-order valence-electron chi connectivity index (χ3n) is 6.06. The number of halogens is 1. The van der Waals surface area contributed by atoms with E-state index in [1.165, 1.54) is 0 Å². The minimum absolute atomic E-state index is 0.291. The molecule has 0 aliphatic carbocycles. The summed E-state index contributed by atoms with van der Waals surface area (Å²) in [5, 5.41) is 10.7. The average Bonchev–Trinajstić information content (AvgIpc) is 3.36. The fourth-order valence-electron chi connectivity index (χ4n) is 4.22. The molecule has 1 saturated heterocycles. The number of rotatable bonds is 12. The zero-order chi connectivity index (χ0) is 25.6. The number of H-pyrrole nitrogens is 1. The summed E-state index contributed by atoms with van der Waals surface area (Å²) in [5.41, 5.74) is 3.22. The first kappa shape index (κ1) is 24.4. The number of methoxy groups -OCH3 is 1. The van der Waals surface area contributed by atoms with Gasteiger partial charge in [0.05, 0.1) is 24.2 Å². The van der Waals surface area contributed by atoms with Crippen molar-refractivity contribution < 1.29 is 13.9 Å². The van der Waals surface area contributed by atoms with Gasteiger partial charge in [0.15, 0.2) is 0 Å². The van der Waals surface area contributed by atoms with Crippen molar-refractivity contribution in [2.45, 2.75) is 6.04 Å². The lowest BCUT2D eigenvalue weighted by Gasteiger charge is -2.39. The monoisotopic (exact) mass is 503 g/mol. The molecule has 3 heterocycles. The van der Waals surface area contributed by atoms with Gasteiger partial charge < -0.3 is 30.4 Å². The van der Waals surface area contributed by atoms with E-state index in [4.69, 9.17) is 9.47 Å². The first-order chi connectivity index (χ1) is 18.1. The van der Waals surface area contributed by atoms with Crippen LogP contribution in [0.2, 0.25) is 0 Å². The summed E-state index contributed by atoms with van der Waals surface area (Å²) in [6.07, 6.45) is 3.60. The minimum Gasteiger partial charge on any atom is -0.494 e. The Kier molecular flexibility index (Phi) is 7.36. The highest BCUT2D eigenvalue weighted by Crippen LogP contribution is 2.33. The topological polar surface area (TPSA) is 99.4 Å². The van der Waals surface area contributed by atoms with Gasteiger partial charge in [0.1, 0.15) is 23.8 Å². The van der Waals surface area contributed by atoms with E-state index >= 15 is 0 Å². The molecule has 2 aromatic carbocycles. The number of ether oxygens (including phenoxy) is 2. The van der Waals surface area contributed by atoms with Crippen molar-refractivity contribution in [3.05, 3.63) is 67.4 Å². The normalized spacial score (nSPS) is 13.7. The van der Waals surface area contributed by atoms with E-state index < -0.39 is 0 Å². The quantitative estimate of drug-likeness (QED) is 0.197. The summed E-state index contributed by atoms with van der Waals surface area (Å²) in [4.78, 5) is 14.4. The predicted molar refractivity (Wildman–Crippen MR) is 145 cm³/mol. The maximum absolute atomic E-state index is 12.5. The van der Waals surface area contributed by atoms with Gasteiger partial charge in [-0.2, -0.15) is 9.97 Å². The average molecular weight is 504 g/mol. The molecule has 0 atom stereocenters. The van der Waals surface area contributed by atoms with Crippen LogP contribution in [0, 0.1) is 0 Å². The summed E-state index contributed by atoms with van der Waals surface area (Å²) >= 11 is 0. The van der Waals surface area contributed by atoms with Crippen LogP contribution in [0.4, 0.5) is 27.4 Å². The van der Waals surface area contributed by atoms with Crippen molar-refractivity contribution in [3.8, 4) is 17.4 Å². The molecule has 0 unspecified atom stereocenters. The Bertz CT molecular complexity index is 1370. The van der Waals surface area contributed by atoms with Crippen LogP contribution in [0.3, 0.4) is 0 Å². The maximum atomic E-state index is 12.5. The number of aromatic amines is 1. The van der Waals surface area contributed by atoms with Crippen LogP contribution < -0.4 is 25.4 Å². The second-order valence-corrected chi connectivity index (χ2v) is 8.72. The highest BCUT2D eigenvalue weighted by atomic mass is 19.1. The molecule has 0 saturated carbocycles. The molecule has 0 bridgehead atoms. The van der Waals surface area contributed by atoms with E-state index in [1.54, 1.807) is 19.4 Å². The predicted octanol–water partition coefficient (Wildman–Crippen LogP) is 5.17. The maximum Gasteiger partial charge on any atom is 0.233 e. The van der Waals surface area contributed by atoms with E-state index in [0.29, 0.717) is 53.8 Å². The number of nitrogens with one attached hydrogen (secondary N) is 4. The Balaban J connectivity index is 1.33.